The number of rotatable bonds is 31. The molecule has 12 nitrogen and oxygen atoms in total. The SMILES string of the molecule is CCCC(CC)c1ccc(CCl)cc1.CCCC(CC)c1ccc(CS(=O)(=O)c2cc(OCC)ccc2S(=O)(=O)c2ccc(Oc3ccc(C(C)(C)c4ccc(CC)cc4)cc3)cc2)cc1.CCOc1ccc(S(=O)(=O)c2ccc(Oc3ccc(C(C)(C)c4ccc(CC)cc4)cc3)cc2)c(S(=O)[O-])c1.[CH3-].[Cl-].[Li+].[Li+]. The van der Waals surface area contributed by atoms with Crippen molar-refractivity contribution in [1.82, 2.24) is 0 Å². The molecule has 0 amide bonds. The third-order valence-electron chi connectivity index (χ3n) is 19.3. The predicted octanol–water partition coefficient (Wildman–Crippen LogP) is 13.9. The Bertz CT molecular complexity index is 4820. The van der Waals surface area contributed by atoms with Crippen LogP contribution in [0.1, 0.15) is 189 Å². The van der Waals surface area contributed by atoms with Crippen LogP contribution in [-0.2, 0) is 75.9 Å². The molecule has 0 saturated heterocycles. The van der Waals surface area contributed by atoms with Gasteiger partial charge in [-0.15, -0.1) is 11.6 Å². The number of ether oxygens (including phenoxy) is 4. The molecule has 0 aliphatic carbocycles. The van der Waals surface area contributed by atoms with Crippen molar-refractivity contribution in [3.8, 4) is 34.5 Å². The van der Waals surface area contributed by atoms with E-state index in [0.29, 0.717) is 53.6 Å². The first-order chi connectivity index (χ1) is 50.2. The van der Waals surface area contributed by atoms with Gasteiger partial charge >= 0.3 is 37.7 Å². The van der Waals surface area contributed by atoms with Gasteiger partial charge in [-0.3, -0.25) is 4.21 Å². The van der Waals surface area contributed by atoms with Crippen LogP contribution in [0.15, 0.2) is 260 Å². The van der Waals surface area contributed by atoms with Crippen LogP contribution in [0, 0.1) is 7.43 Å². The summed E-state index contributed by atoms with van der Waals surface area (Å²) < 4.78 is 129. The Kier molecular flexibility index (Phi) is 38.0. The van der Waals surface area contributed by atoms with Crippen LogP contribution >= 0.6 is 11.6 Å². The van der Waals surface area contributed by atoms with Crippen molar-refractivity contribution in [2.24, 2.45) is 0 Å². The molecule has 572 valence electrons. The van der Waals surface area contributed by atoms with E-state index in [1.807, 2.05) is 72.8 Å². The zero-order valence-corrected chi connectivity index (χ0v) is 70.6. The zero-order valence-electron chi connectivity index (χ0n) is 65.9. The van der Waals surface area contributed by atoms with Crippen LogP contribution in [-0.4, -0.2) is 47.2 Å². The number of alkyl halides is 1. The van der Waals surface area contributed by atoms with E-state index in [1.54, 1.807) is 38.1 Å². The third kappa shape index (κ3) is 24.8. The fourth-order valence-electron chi connectivity index (χ4n) is 12.7. The summed E-state index contributed by atoms with van der Waals surface area (Å²) in [7, 11) is -12.4. The van der Waals surface area contributed by atoms with Crippen molar-refractivity contribution in [1.29, 1.82) is 0 Å². The van der Waals surface area contributed by atoms with Crippen LogP contribution in [0.5, 0.6) is 34.5 Å². The van der Waals surface area contributed by atoms with E-state index in [1.165, 1.54) is 119 Å². The quantitative estimate of drug-likeness (QED) is 0.0174. The summed E-state index contributed by atoms with van der Waals surface area (Å²) >= 11 is 2.99. The first-order valence-electron chi connectivity index (χ1n) is 36.2. The van der Waals surface area contributed by atoms with Gasteiger partial charge < -0.3 is 43.3 Å². The van der Waals surface area contributed by atoms with E-state index < -0.39 is 40.6 Å². The van der Waals surface area contributed by atoms with Crippen LogP contribution in [0.2, 0.25) is 0 Å². The molecule has 0 aromatic heterocycles. The van der Waals surface area contributed by atoms with Gasteiger partial charge in [-0.05, 0) is 234 Å². The van der Waals surface area contributed by atoms with E-state index in [-0.39, 0.29) is 115 Å². The van der Waals surface area contributed by atoms with Crippen molar-refractivity contribution in [3.05, 3.63) is 294 Å². The first-order valence-corrected chi connectivity index (χ1v) is 42.5. The number of sulfone groups is 3. The van der Waals surface area contributed by atoms with Crippen molar-refractivity contribution >= 4 is 52.2 Å². The molecule has 20 heteroatoms. The minimum atomic E-state index is -4.24. The summed E-state index contributed by atoms with van der Waals surface area (Å²) in [5.74, 6) is 4.11. The molecular formula is C89H103Cl2Li2O12S4-. The van der Waals surface area contributed by atoms with Crippen LogP contribution in [0.3, 0.4) is 0 Å². The summed E-state index contributed by atoms with van der Waals surface area (Å²) in [4.78, 5) is -1.32. The standard InChI is InChI=1S/C44H50O6S2.C31H32O6S2.C13H19Cl.CH3.ClH.2Li/c1-7-11-34(9-3)35-16-12-33(13-17-35)31-51(45,46)43-30-40(49-10-4)26-29-42(43)52(47,48)41-27-24-39(25-28-41)50-38-22-20-37(21-23-38)44(5,6)36-18-14-32(8-2)15-19-36;1-5-22-7-9-23(10-8-22)31(3,4)24-11-13-25(14-12-24)37-26-15-18-28(19-16-26)39(34,35)30-20-17-27(36-6-2)21-29(30)38(32)33;1-3-5-12(4-2)13-8-6-11(10-14)7-9-13;;;;/h12-30,34H,7-11,31H2,1-6H3;7-21H,5-6H2,1-4H3,(H,32,33);6-9,12H,3-5,10H2,1-2H3;1H3;1H;;/q;;;-1;;2*+1/p-2. The zero-order chi connectivity index (χ0) is 76.1. The fourth-order valence-corrected chi connectivity index (χ4v) is 18.7. The van der Waals surface area contributed by atoms with Gasteiger partial charge in [-0.1, -0.05) is 203 Å². The van der Waals surface area contributed by atoms with Gasteiger partial charge in [-0.2, -0.15) is 0 Å². The topological polar surface area (TPSA) is 179 Å². The van der Waals surface area contributed by atoms with E-state index in [2.05, 4.69) is 142 Å². The molecule has 0 saturated carbocycles. The second-order valence-corrected chi connectivity index (χ2v) is 34.0. The second kappa shape index (κ2) is 43.8. The molecule has 0 aliphatic heterocycles. The Hall–Kier alpha value is -6.87. The Morgan fingerprint density at radius 2 is 0.716 bits per heavy atom. The average Bonchev–Trinajstić information content (AvgIpc) is 0.774. The largest absolute Gasteiger partial charge is 1.00 e. The van der Waals surface area contributed by atoms with Gasteiger partial charge in [0.15, 0.2) is 9.84 Å². The molecule has 109 heavy (non-hydrogen) atoms. The monoisotopic (exact) mass is 1580 g/mol. The van der Waals surface area contributed by atoms with Crippen molar-refractivity contribution in [2.45, 2.75) is 198 Å². The molecule has 3 unspecified atom stereocenters. The van der Waals surface area contributed by atoms with E-state index in [9.17, 15) is 34.0 Å². The molecule has 10 aromatic carbocycles. The summed E-state index contributed by atoms with van der Waals surface area (Å²) in [6.07, 6.45) is 8.92. The minimum absolute atomic E-state index is 0. The van der Waals surface area contributed by atoms with Crippen LogP contribution in [0.25, 0.3) is 0 Å². The summed E-state index contributed by atoms with van der Waals surface area (Å²) in [6.45, 7) is 26.0. The molecule has 0 bridgehead atoms. The number of benzene rings is 10. The van der Waals surface area contributed by atoms with Gasteiger partial charge in [0, 0.05) is 27.7 Å². The minimum Gasteiger partial charge on any atom is -1.00 e. The Morgan fingerprint density at radius 3 is 1.05 bits per heavy atom. The van der Waals surface area contributed by atoms with Crippen molar-refractivity contribution < 1.29 is 103 Å². The maximum Gasteiger partial charge on any atom is 1.00 e. The van der Waals surface area contributed by atoms with Gasteiger partial charge in [0.25, 0.3) is 0 Å². The smallest absolute Gasteiger partial charge is 1.00 e. The van der Waals surface area contributed by atoms with Crippen LogP contribution in [0.4, 0.5) is 0 Å². The third-order valence-corrected chi connectivity index (χ3v) is 25.9. The normalized spacial score (nSPS) is 12.2. The number of hydrogen-bond donors (Lipinski definition) is 0. The molecule has 0 radical (unpaired) electrons. The van der Waals surface area contributed by atoms with E-state index in [0.717, 1.165) is 49.1 Å². The molecule has 10 rings (SSSR count). The Balaban J connectivity index is 0.000000387. The molecule has 0 fully saturated rings. The van der Waals surface area contributed by atoms with Gasteiger partial charge in [-0.25, -0.2) is 25.3 Å². The molecular weight excluding hydrogens is 1470 g/mol. The van der Waals surface area contributed by atoms with E-state index >= 15 is 0 Å². The molecule has 0 aliphatic rings. The molecule has 0 heterocycles. The maximum atomic E-state index is 14.0. The van der Waals surface area contributed by atoms with E-state index in [4.69, 9.17) is 30.5 Å². The Morgan fingerprint density at radius 1 is 0.404 bits per heavy atom. The first kappa shape index (κ1) is 94.5. The van der Waals surface area contributed by atoms with Crippen LogP contribution < -0.4 is 69.1 Å². The fraction of sp³-hybridized carbons (Fsp3) is 0.315. The number of halogens is 2. The number of aryl methyl sites for hydroxylation is 2. The van der Waals surface area contributed by atoms with Crippen molar-refractivity contribution in [2.75, 3.05) is 13.2 Å². The number of hydrogen-bond acceptors (Lipinski definition) is 12. The molecule has 0 spiro atoms. The maximum absolute atomic E-state index is 14.0. The Labute approximate surface area is 688 Å². The summed E-state index contributed by atoms with van der Waals surface area (Å²) in [6, 6.07) is 69.3. The molecule has 0 N–H and O–H groups in total. The van der Waals surface area contributed by atoms with Gasteiger partial charge in [0.1, 0.15) is 34.5 Å². The summed E-state index contributed by atoms with van der Waals surface area (Å²) in [5, 5.41) is 0. The second-order valence-electron chi connectivity index (χ2n) is 27.0. The average molecular weight is 1580 g/mol. The molecule has 3 atom stereocenters. The molecule has 10 aromatic rings. The predicted molar refractivity (Wildman–Crippen MR) is 431 cm³/mol. The van der Waals surface area contributed by atoms with Gasteiger partial charge in [0.05, 0.1) is 43.4 Å². The summed E-state index contributed by atoms with van der Waals surface area (Å²) in [5.41, 5.74) is 11.4. The van der Waals surface area contributed by atoms with Crippen molar-refractivity contribution in [3.63, 3.8) is 0 Å². The van der Waals surface area contributed by atoms with Gasteiger partial charge in [0.2, 0.25) is 19.7 Å².